The fourth-order valence-electron chi connectivity index (χ4n) is 3.28. The molecule has 21 heavy (non-hydrogen) atoms. The van der Waals surface area contributed by atoms with Gasteiger partial charge in [-0.15, -0.1) is 0 Å². The Bertz CT molecular complexity index is 427. The van der Waals surface area contributed by atoms with Gasteiger partial charge in [0.2, 0.25) is 5.89 Å². The Balaban J connectivity index is 1.91. The van der Waals surface area contributed by atoms with Crippen molar-refractivity contribution < 1.29 is 4.52 Å². The van der Waals surface area contributed by atoms with Crippen LogP contribution < -0.4 is 5.32 Å². The molecule has 1 aromatic rings. The van der Waals surface area contributed by atoms with Crippen molar-refractivity contribution in [2.45, 2.75) is 72.1 Å². The van der Waals surface area contributed by atoms with Gasteiger partial charge in [-0.05, 0) is 43.6 Å². The van der Waals surface area contributed by atoms with E-state index in [1.807, 2.05) is 0 Å². The van der Waals surface area contributed by atoms with Gasteiger partial charge in [-0.3, -0.25) is 0 Å². The number of nitrogens with zero attached hydrogens (tertiary/aromatic N) is 2. The van der Waals surface area contributed by atoms with Gasteiger partial charge in [0.1, 0.15) is 0 Å². The summed E-state index contributed by atoms with van der Waals surface area (Å²) >= 11 is 0. The zero-order chi connectivity index (χ0) is 15.5. The fourth-order valence-corrected chi connectivity index (χ4v) is 3.28. The average Bonchev–Trinajstić information content (AvgIpc) is 2.94. The van der Waals surface area contributed by atoms with E-state index in [0.29, 0.717) is 11.3 Å². The first kappa shape index (κ1) is 16.5. The minimum atomic E-state index is 0.289. The molecule has 1 unspecified atom stereocenters. The Labute approximate surface area is 129 Å². The van der Waals surface area contributed by atoms with Crippen molar-refractivity contribution >= 4 is 0 Å². The Morgan fingerprint density at radius 3 is 2.48 bits per heavy atom. The molecule has 4 heteroatoms. The monoisotopic (exact) mass is 293 g/mol. The average molecular weight is 293 g/mol. The van der Waals surface area contributed by atoms with Gasteiger partial charge in [0.25, 0.3) is 0 Å². The quantitative estimate of drug-likeness (QED) is 0.888. The molecule has 1 aliphatic carbocycles. The van der Waals surface area contributed by atoms with Crippen LogP contribution in [0.3, 0.4) is 0 Å². The molecule has 1 atom stereocenters. The molecular formula is C17H31N3O. The highest BCUT2D eigenvalue weighted by Gasteiger charge is 2.32. The van der Waals surface area contributed by atoms with E-state index in [9.17, 15) is 0 Å². The number of nitrogens with one attached hydrogen (secondary N) is 1. The second-order valence-corrected chi connectivity index (χ2v) is 7.61. The Morgan fingerprint density at radius 2 is 1.90 bits per heavy atom. The predicted molar refractivity (Wildman–Crippen MR) is 85.4 cm³/mol. The molecule has 4 nitrogen and oxygen atoms in total. The van der Waals surface area contributed by atoms with Crippen LogP contribution in [0.15, 0.2) is 4.52 Å². The van der Waals surface area contributed by atoms with E-state index in [-0.39, 0.29) is 5.92 Å². The summed E-state index contributed by atoms with van der Waals surface area (Å²) < 4.78 is 5.47. The SMILES string of the molecule is CCNCC(C)c1nc(C2CCC(C(C)(C)C)CC2)no1. The molecule has 1 fully saturated rings. The molecule has 1 heterocycles. The molecule has 2 rings (SSSR count). The first-order valence-corrected chi connectivity index (χ1v) is 8.46. The summed E-state index contributed by atoms with van der Waals surface area (Å²) in [5.41, 5.74) is 0.424. The van der Waals surface area contributed by atoms with E-state index in [2.05, 4.69) is 50.1 Å². The van der Waals surface area contributed by atoms with Crippen molar-refractivity contribution in [2.75, 3.05) is 13.1 Å². The van der Waals surface area contributed by atoms with Crippen LogP contribution >= 0.6 is 0 Å². The lowest BCUT2D eigenvalue weighted by molar-refractivity contribution is 0.166. The van der Waals surface area contributed by atoms with Crippen LogP contribution in [0.5, 0.6) is 0 Å². The van der Waals surface area contributed by atoms with Crippen molar-refractivity contribution in [2.24, 2.45) is 11.3 Å². The topological polar surface area (TPSA) is 51.0 Å². The minimum absolute atomic E-state index is 0.289. The summed E-state index contributed by atoms with van der Waals surface area (Å²) in [4.78, 5) is 4.66. The summed E-state index contributed by atoms with van der Waals surface area (Å²) in [5, 5.41) is 7.57. The van der Waals surface area contributed by atoms with Crippen LogP contribution in [0.4, 0.5) is 0 Å². The van der Waals surface area contributed by atoms with Crippen molar-refractivity contribution in [1.82, 2.24) is 15.5 Å². The Kier molecular flexibility index (Phi) is 5.42. The molecule has 0 bridgehead atoms. The number of hydrogen-bond donors (Lipinski definition) is 1. The zero-order valence-electron chi connectivity index (χ0n) is 14.3. The van der Waals surface area contributed by atoms with Gasteiger partial charge < -0.3 is 9.84 Å². The first-order valence-electron chi connectivity index (χ1n) is 8.46. The maximum atomic E-state index is 5.47. The van der Waals surface area contributed by atoms with Crippen LogP contribution in [0.25, 0.3) is 0 Å². The number of hydrogen-bond acceptors (Lipinski definition) is 4. The van der Waals surface area contributed by atoms with Crippen LogP contribution in [0.2, 0.25) is 0 Å². The first-order chi connectivity index (χ1) is 9.91. The molecule has 0 spiro atoms. The third-order valence-corrected chi connectivity index (χ3v) is 4.90. The van der Waals surface area contributed by atoms with Gasteiger partial charge in [0.15, 0.2) is 5.82 Å². The van der Waals surface area contributed by atoms with Gasteiger partial charge in [-0.25, -0.2) is 0 Å². The highest BCUT2D eigenvalue weighted by atomic mass is 16.5. The number of rotatable bonds is 5. The van der Waals surface area contributed by atoms with Gasteiger partial charge in [-0.1, -0.05) is 39.8 Å². The lowest BCUT2D eigenvalue weighted by Crippen LogP contribution is -2.25. The normalized spacial score (nSPS) is 25.0. The summed E-state index contributed by atoms with van der Waals surface area (Å²) in [6, 6.07) is 0. The molecule has 0 radical (unpaired) electrons. The number of likely N-dealkylation sites (N-methyl/N-ethyl adjacent to an activating group) is 1. The molecule has 0 aromatic carbocycles. The second kappa shape index (κ2) is 6.91. The standard InChI is InChI=1S/C17H31N3O/c1-6-18-11-12(2)16-19-15(20-21-16)13-7-9-14(10-8-13)17(3,4)5/h12-14,18H,6-11H2,1-5H3. The van der Waals surface area contributed by atoms with Crippen molar-refractivity contribution in [3.05, 3.63) is 11.7 Å². The largest absolute Gasteiger partial charge is 0.339 e. The summed E-state index contributed by atoms with van der Waals surface area (Å²) in [6.07, 6.45) is 4.96. The lowest BCUT2D eigenvalue weighted by Gasteiger charge is -2.36. The summed E-state index contributed by atoms with van der Waals surface area (Å²) in [7, 11) is 0. The second-order valence-electron chi connectivity index (χ2n) is 7.61. The third kappa shape index (κ3) is 4.29. The highest BCUT2D eigenvalue weighted by molar-refractivity contribution is 5.01. The molecule has 120 valence electrons. The maximum absolute atomic E-state index is 5.47. The van der Waals surface area contributed by atoms with Gasteiger partial charge in [-0.2, -0.15) is 4.98 Å². The van der Waals surface area contributed by atoms with Crippen LogP contribution in [-0.2, 0) is 0 Å². The maximum Gasteiger partial charge on any atom is 0.230 e. The molecular weight excluding hydrogens is 262 g/mol. The molecule has 1 aliphatic rings. The van der Waals surface area contributed by atoms with E-state index >= 15 is 0 Å². The minimum Gasteiger partial charge on any atom is -0.339 e. The molecule has 0 aliphatic heterocycles. The van der Waals surface area contributed by atoms with Crippen molar-refractivity contribution in [1.29, 1.82) is 0 Å². The van der Waals surface area contributed by atoms with Gasteiger partial charge >= 0.3 is 0 Å². The van der Waals surface area contributed by atoms with Gasteiger partial charge in [0.05, 0.1) is 0 Å². The summed E-state index contributed by atoms with van der Waals surface area (Å²) in [5.74, 6) is 3.32. The van der Waals surface area contributed by atoms with Crippen molar-refractivity contribution in [3.8, 4) is 0 Å². The summed E-state index contributed by atoms with van der Waals surface area (Å²) in [6.45, 7) is 13.2. The molecule has 0 amide bonds. The van der Waals surface area contributed by atoms with E-state index in [0.717, 1.165) is 30.7 Å². The lowest BCUT2D eigenvalue weighted by atomic mass is 9.70. The Morgan fingerprint density at radius 1 is 1.24 bits per heavy atom. The molecule has 1 aromatic heterocycles. The molecule has 0 saturated heterocycles. The fraction of sp³-hybridized carbons (Fsp3) is 0.882. The van der Waals surface area contributed by atoms with E-state index in [4.69, 9.17) is 4.52 Å². The van der Waals surface area contributed by atoms with E-state index < -0.39 is 0 Å². The molecule has 1 N–H and O–H groups in total. The molecule has 1 saturated carbocycles. The van der Waals surface area contributed by atoms with Gasteiger partial charge in [0, 0.05) is 18.4 Å². The highest BCUT2D eigenvalue weighted by Crippen LogP contribution is 2.42. The van der Waals surface area contributed by atoms with Crippen LogP contribution in [-0.4, -0.2) is 23.2 Å². The zero-order valence-corrected chi connectivity index (χ0v) is 14.3. The Hall–Kier alpha value is -0.900. The number of aromatic nitrogens is 2. The van der Waals surface area contributed by atoms with E-state index in [1.165, 1.54) is 25.7 Å². The van der Waals surface area contributed by atoms with Crippen molar-refractivity contribution in [3.63, 3.8) is 0 Å². The van der Waals surface area contributed by atoms with Crippen LogP contribution in [0, 0.1) is 11.3 Å². The van der Waals surface area contributed by atoms with Crippen LogP contribution in [0.1, 0.15) is 83.9 Å². The smallest absolute Gasteiger partial charge is 0.230 e. The van der Waals surface area contributed by atoms with E-state index in [1.54, 1.807) is 0 Å². The predicted octanol–water partition coefficient (Wildman–Crippen LogP) is 4.10. The third-order valence-electron chi connectivity index (χ3n) is 4.90.